The van der Waals surface area contributed by atoms with Gasteiger partial charge >= 0.3 is 0 Å². The lowest BCUT2D eigenvalue weighted by atomic mass is 10.1. The molecule has 27 heavy (non-hydrogen) atoms. The van der Waals surface area contributed by atoms with Crippen molar-refractivity contribution in [3.63, 3.8) is 0 Å². The van der Waals surface area contributed by atoms with E-state index in [9.17, 15) is 14.4 Å². The molecule has 0 spiro atoms. The molecule has 0 aliphatic carbocycles. The molecular formula is C22H18FN3O. The molecule has 4 nitrogen and oxygen atoms in total. The highest BCUT2D eigenvalue weighted by Crippen LogP contribution is 2.23. The molecule has 0 atom stereocenters. The van der Waals surface area contributed by atoms with Gasteiger partial charge in [0.25, 0.3) is 5.91 Å². The molecule has 0 saturated carbocycles. The van der Waals surface area contributed by atoms with Crippen LogP contribution in [-0.4, -0.2) is 10.5 Å². The summed E-state index contributed by atoms with van der Waals surface area (Å²) in [7, 11) is 0. The molecule has 5 heteroatoms. The van der Waals surface area contributed by atoms with E-state index in [1.807, 2.05) is 48.7 Å². The first-order chi connectivity index (χ1) is 13.0. The van der Waals surface area contributed by atoms with Crippen molar-refractivity contribution < 1.29 is 9.18 Å². The monoisotopic (exact) mass is 359 g/mol. The van der Waals surface area contributed by atoms with Crippen molar-refractivity contribution in [2.45, 2.75) is 13.8 Å². The van der Waals surface area contributed by atoms with Crippen LogP contribution in [0.2, 0.25) is 0 Å². The molecule has 2 aromatic carbocycles. The molecule has 0 saturated heterocycles. The number of nitrogens with zero attached hydrogens (tertiary/aromatic N) is 2. The number of amides is 1. The predicted molar refractivity (Wildman–Crippen MR) is 104 cm³/mol. The second-order valence-electron chi connectivity index (χ2n) is 6.13. The van der Waals surface area contributed by atoms with E-state index in [0.717, 1.165) is 22.6 Å². The summed E-state index contributed by atoms with van der Waals surface area (Å²) < 4.78 is 15.1. The average Bonchev–Trinajstić information content (AvgIpc) is 2.94. The number of nitriles is 1. The Labute approximate surface area is 157 Å². The number of aryl methyl sites for hydroxylation is 1. The summed E-state index contributed by atoms with van der Waals surface area (Å²) in [6, 6.07) is 19.0. The Kier molecular flexibility index (Phi) is 5.18. The number of rotatable bonds is 4. The number of aromatic nitrogens is 1. The first-order valence-corrected chi connectivity index (χ1v) is 8.42. The Morgan fingerprint density at radius 3 is 2.41 bits per heavy atom. The zero-order chi connectivity index (χ0) is 19.4. The van der Waals surface area contributed by atoms with Crippen LogP contribution in [0, 0.1) is 31.0 Å². The summed E-state index contributed by atoms with van der Waals surface area (Å²) in [5, 5.41) is 12.1. The van der Waals surface area contributed by atoms with Crippen LogP contribution < -0.4 is 5.32 Å². The van der Waals surface area contributed by atoms with E-state index in [1.54, 1.807) is 30.3 Å². The van der Waals surface area contributed by atoms with Gasteiger partial charge in [-0.05, 0) is 68.0 Å². The van der Waals surface area contributed by atoms with Gasteiger partial charge in [0.05, 0.1) is 0 Å². The zero-order valence-corrected chi connectivity index (χ0v) is 15.0. The van der Waals surface area contributed by atoms with Crippen molar-refractivity contribution >= 4 is 17.7 Å². The predicted octanol–water partition coefficient (Wildman–Crippen LogP) is 4.78. The smallest absolute Gasteiger partial charge is 0.266 e. The average molecular weight is 359 g/mol. The minimum Gasteiger partial charge on any atom is -0.321 e. The topological polar surface area (TPSA) is 57.8 Å². The molecule has 1 heterocycles. The molecule has 134 valence electrons. The third kappa shape index (κ3) is 3.96. The van der Waals surface area contributed by atoms with Gasteiger partial charge in [0.15, 0.2) is 0 Å². The fraction of sp³-hybridized carbons (Fsp3) is 0.0909. The van der Waals surface area contributed by atoms with E-state index >= 15 is 0 Å². The van der Waals surface area contributed by atoms with E-state index in [-0.39, 0.29) is 11.4 Å². The standard InChI is InChI=1S/C22H18FN3O/c1-15-12-17(16(2)26(15)21-10-8-19(23)9-11-21)13-18(14-24)22(27)25-20-6-4-3-5-7-20/h3-13H,1-2H3,(H,25,27). The van der Waals surface area contributed by atoms with Gasteiger partial charge in [-0.3, -0.25) is 4.79 Å². The number of halogens is 1. The minimum atomic E-state index is -0.463. The van der Waals surface area contributed by atoms with Crippen LogP contribution in [0.4, 0.5) is 10.1 Å². The van der Waals surface area contributed by atoms with Crippen molar-refractivity contribution in [1.82, 2.24) is 4.57 Å². The molecule has 0 aliphatic rings. The van der Waals surface area contributed by atoms with Crippen LogP contribution in [0.3, 0.4) is 0 Å². The quantitative estimate of drug-likeness (QED) is 0.538. The van der Waals surface area contributed by atoms with Crippen molar-refractivity contribution in [2.24, 2.45) is 0 Å². The summed E-state index contributed by atoms with van der Waals surface area (Å²) in [6.07, 6.45) is 1.57. The molecule has 0 unspecified atom stereocenters. The molecule has 1 N–H and O–H groups in total. The highest BCUT2D eigenvalue weighted by Gasteiger charge is 2.14. The Hall–Kier alpha value is -3.65. The number of hydrogen-bond acceptors (Lipinski definition) is 2. The number of para-hydroxylation sites is 1. The number of hydrogen-bond donors (Lipinski definition) is 1. The maximum absolute atomic E-state index is 13.2. The molecule has 0 fully saturated rings. The van der Waals surface area contributed by atoms with Gasteiger partial charge in [-0.1, -0.05) is 18.2 Å². The summed E-state index contributed by atoms with van der Waals surface area (Å²) >= 11 is 0. The van der Waals surface area contributed by atoms with E-state index < -0.39 is 5.91 Å². The van der Waals surface area contributed by atoms with Crippen LogP contribution in [0.5, 0.6) is 0 Å². The van der Waals surface area contributed by atoms with Crippen molar-refractivity contribution in [3.05, 3.63) is 89.0 Å². The summed E-state index contributed by atoms with van der Waals surface area (Å²) in [5.41, 5.74) is 4.00. The van der Waals surface area contributed by atoms with E-state index in [1.165, 1.54) is 12.1 Å². The normalized spacial score (nSPS) is 11.1. The van der Waals surface area contributed by atoms with E-state index in [4.69, 9.17) is 0 Å². The largest absolute Gasteiger partial charge is 0.321 e. The number of nitrogens with one attached hydrogen (secondary N) is 1. The van der Waals surface area contributed by atoms with Crippen LogP contribution in [0.1, 0.15) is 17.0 Å². The Balaban J connectivity index is 1.93. The zero-order valence-electron chi connectivity index (χ0n) is 15.0. The fourth-order valence-electron chi connectivity index (χ4n) is 2.95. The molecular weight excluding hydrogens is 341 g/mol. The highest BCUT2D eigenvalue weighted by molar-refractivity contribution is 6.09. The lowest BCUT2D eigenvalue weighted by molar-refractivity contribution is -0.112. The first kappa shape index (κ1) is 18.2. The summed E-state index contributed by atoms with van der Waals surface area (Å²) in [4.78, 5) is 12.4. The van der Waals surface area contributed by atoms with Crippen molar-refractivity contribution in [2.75, 3.05) is 5.32 Å². The second kappa shape index (κ2) is 7.71. The van der Waals surface area contributed by atoms with Crippen LogP contribution in [0.25, 0.3) is 11.8 Å². The molecule has 3 aromatic rings. The Morgan fingerprint density at radius 1 is 1.11 bits per heavy atom. The molecule has 0 bridgehead atoms. The third-order valence-electron chi connectivity index (χ3n) is 4.25. The first-order valence-electron chi connectivity index (χ1n) is 8.42. The maximum Gasteiger partial charge on any atom is 0.266 e. The van der Waals surface area contributed by atoms with Gasteiger partial charge in [0.2, 0.25) is 0 Å². The number of anilines is 1. The number of carbonyl (C=O) groups excluding carboxylic acids is 1. The van der Waals surface area contributed by atoms with Crippen molar-refractivity contribution in [3.8, 4) is 11.8 Å². The third-order valence-corrected chi connectivity index (χ3v) is 4.25. The maximum atomic E-state index is 13.2. The molecule has 0 aliphatic heterocycles. The van der Waals surface area contributed by atoms with E-state index in [0.29, 0.717) is 5.69 Å². The van der Waals surface area contributed by atoms with Gasteiger partial charge in [-0.25, -0.2) is 4.39 Å². The van der Waals surface area contributed by atoms with Crippen molar-refractivity contribution in [1.29, 1.82) is 5.26 Å². The SMILES string of the molecule is Cc1cc(C=C(C#N)C(=O)Nc2ccccc2)c(C)n1-c1ccc(F)cc1. The van der Waals surface area contributed by atoms with Crippen LogP contribution in [-0.2, 0) is 4.79 Å². The second-order valence-corrected chi connectivity index (χ2v) is 6.13. The molecule has 1 aromatic heterocycles. The lowest BCUT2D eigenvalue weighted by Crippen LogP contribution is -2.13. The van der Waals surface area contributed by atoms with Crippen LogP contribution in [0.15, 0.2) is 66.2 Å². The summed E-state index contributed by atoms with van der Waals surface area (Å²) in [5.74, 6) is -0.763. The summed E-state index contributed by atoms with van der Waals surface area (Å²) in [6.45, 7) is 3.82. The van der Waals surface area contributed by atoms with Gasteiger partial charge in [0.1, 0.15) is 17.5 Å². The lowest BCUT2D eigenvalue weighted by Gasteiger charge is -2.09. The van der Waals surface area contributed by atoms with Gasteiger partial charge < -0.3 is 9.88 Å². The molecule has 3 rings (SSSR count). The van der Waals surface area contributed by atoms with Gasteiger partial charge in [0, 0.05) is 22.8 Å². The van der Waals surface area contributed by atoms with Gasteiger partial charge in [-0.15, -0.1) is 0 Å². The number of carbonyl (C=O) groups is 1. The highest BCUT2D eigenvalue weighted by atomic mass is 19.1. The molecule has 0 radical (unpaired) electrons. The fourth-order valence-corrected chi connectivity index (χ4v) is 2.95. The molecule has 1 amide bonds. The van der Waals surface area contributed by atoms with Crippen LogP contribution >= 0.6 is 0 Å². The van der Waals surface area contributed by atoms with E-state index in [2.05, 4.69) is 5.32 Å². The minimum absolute atomic E-state index is 0.0122. The van der Waals surface area contributed by atoms with Gasteiger partial charge in [-0.2, -0.15) is 5.26 Å². The number of benzene rings is 2. The Morgan fingerprint density at radius 2 is 1.78 bits per heavy atom. The Bertz CT molecular complexity index is 1040.